The van der Waals surface area contributed by atoms with Crippen molar-refractivity contribution < 1.29 is 18.3 Å². The molecule has 2 saturated carbocycles. The lowest BCUT2D eigenvalue weighted by Gasteiger charge is -2.20. The van der Waals surface area contributed by atoms with Crippen LogP contribution in [-0.2, 0) is 17.6 Å². The van der Waals surface area contributed by atoms with Crippen LogP contribution in [0.3, 0.4) is 0 Å². The summed E-state index contributed by atoms with van der Waals surface area (Å²) in [7, 11) is 0. The zero-order valence-electron chi connectivity index (χ0n) is 21.9. The number of fused-ring (bicyclic) bond motifs is 1. The molecule has 0 radical (unpaired) electrons. The predicted molar refractivity (Wildman–Crippen MR) is 150 cm³/mol. The molecule has 0 spiro atoms. The standard InChI is InChI=1S/C29H28F2N6O2S/c1-2-23-35-25-27(37(23)26(17-5-6-17)18-7-8-18)32-15-33-28(25)39-22-12-11-20(14-21(22)31)34-29(40)36-24(38)13-16-3-9-19(30)10-4-16/h3-4,9-12,14-15,17-18,26H,2,5-8,13H2,1H3,(H2,34,36,38,40). The Hall–Kier alpha value is -3.99. The monoisotopic (exact) mass is 562 g/mol. The minimum absolute atomic E-state index is 0.0104. The fourth-order valence-electron chi connectivity index (χ4n) is 5.14. The number of rotatable bonds is 9. The molecule has 4 aromatic rings. The lowest BCUT2D eigenvalue weighted by atomic mass is 10.1. The second-order valence-corrected chi connectivity index (χ2v) is 10.7. The van der Waals surface area contributed by atoms with Crippen molar-refractivity contribution in [2.75, 3.05) is 5.32 Å². The van der Waals surface area contributed by atoms with Crippen molar-refractivity contribution in [2.24, 2.45) is 11.8 Å². The van der Waals surface area contributed by atoms with E-state index in [2.05, 4.69) is 32.1 Å². The maximum Gasteiger partial charge on any atom is 0.251 e. The Kier molecular flexibility index (Phi) is 7.14. The van der Waals surface area contributed by atoms with Crippen molar-refractivity contribution in [1.29, 1.82) is 0 Å². The van der Waals surface area contributed by atoms with Gasteiger partial charge in [0, 0.05) is 24.2 Å². The fourth-order valence-corrected chi connectivity index (χ4v) is 5.37. The van der Waals surface area contributed by atoms with E-state index in [-0.39, 0.29) is 34.9 Å². The van der Waals surface area contributed by atoms with Crippen LogP contribution in [0.1, 0.15) is 50.0 Å². The second-order valence-electron chi connectivity index (χ2n) is 10.3. The van der Waals surface area contributed by atoms with Gasteiger partial charge in [0.05, 0.1) is 6.42 Å². The molecule has 6 rings (SSSR count). The number of carbonyl (C=O) groups is 1. The largest absolute Gasteiger partial charge is 0.434 e. The van der Waals surface area contributed by atoms with E-state index in [4.69, 9.17) is 21.9 Å². The van der Waals surface area contributed by atoms with Gasteiger partial charge in [0.1, 0.15) is 18.0 Å². The van der Waals surface area contributed by atoms with Gasteiger partial charge in [-0.3, -0.25) is 4.79 Å². The lowest BCUT2D eigenvalue weighted by molar-refractivity contribution is -0.119. The quantitative estimate of drug-likeness (QED) is 0.246. The molecule has 2 fully saturated rings. The highest BCUT2D eigenvalue weighted by Gasteiger charge is 2.44. The van der Waals surface area contributed by atoms with Crippen LogP contribution in [0.25, 0.3) is 11.2 Å². The van der Waals surface area contributed by atoms with E-state index in [9.17, 15) is 9.18 Å². The van der Waals surface area contributed by atoms with Gasteiger partial charge in [-0.15, -0.1) is 0 Å². The van der Waals surface area contributed by atoms with Crippen LogP contribution >= 0.6 is 12.2 Å². The number of nitrogens with zero attached hydrogens (tertiary/aromatic N) is 4. The minimum Gasteiger partial charge on any atom is -0.434 e. The summed E-state index contributed by atoms with van der Waals surface area (Å²) in [6.07, 6.45) is 7.12. The van der Waals surface area contributed by atoms with Crippen molar-refractivity contribution in [1.82, 2.24) is 24.8 Å². The van der Waals surface area contributed by atoms with Crippen molar-refractivity contribution >= 4 is 40.1 Å². The van der Waals surface area contributed by atoms with Gasteiger partial charge in [0.15, 0.2) is 27.8 Å². The number of benzene rings is 2. The fraction of sp³-hybridized carbons (Fsp3) is 0.345. The molecule has 0 unspecified atom stereocenters. The zero-order chi connectivity index (χ0) is 27.8. The molecule has 0 atom stereocenters. The van der Waals surface area contributed by atoms with Crippen LogP contribution in [0, 0.1) is 23.5 Å². The summed E-state index contributed by atoms with van der Waals surface area (Å²) < 4.78 is 36.3. The summed E-state index contributed by atoms with van der Waals surface area (Å²) in [5.74, 6) is 1.04. The van der Waals surface area contributed by atoms with E-state index in [0.29, 0.717) is 34.6 Å². The van der Waals surface area contributed by atoms with Gasteiger partial charge in [-0.05, 0) is 79.6 Å². The molecule has 0 bridgehead atoms. The number of aromatic nitrogens is 4. The highest BCUT2D eigenvalue weighted by Crippen LogP contribution is 2.53. The third-order valence-corrected chi connectivity index (χ3v) is 7.47. The van der Waals surface area contributed by atoms with Gasteiger partial charge in [-0.25, -0.2) is 18.7 Å². The number of nitrogens with one attached hydrogen (secondary N) is 2. The number of hydrogen-bond donors (Lipinski definition) is 2. The number of imidazole rings is 1. The SMILES string of the molecule is CCc1nc2c(Oc3ccc(NC(=S)NC(=O)Cc4ccc(F)cc4)cc3F)ncnc2n1C(C1CC1)C1CC1. The molecule has 11 heteroatoms. The molecule has 2 N–H and O–H groups in total. The van der Waals surface area contributed by atoms with Crippen LogP contribution in [0.4, 0.5) is 14.5 Å². The summed E-state index contributed by atoms with van der Waals surface area (Å²) >= 11 is 5.19. The Morgan fingerprint density at radius 1 is 1.10 bits per heavy atom. The van der Waals surface area contributed by atoms with Crippen molar-refractivity contribution in [3.05, 3.63) is 71.8 Å². The first-order chi connectivity index (χ1) is 19.4. The Bertz CT molecular complexity index is 1570. The second kappa shape index (κ2) is 10.9. The maximum absolute atomic E-state index is 15.1. The third kappa shape index (κ3) is 5.65. The Morgan fingerprint density at radius 2 is 1.82 bits per heavy atom. The number of anilines is 1. The number of thiocarbonyl (C=S) groups is 1. The molecule has 2 aliphatic rings. The summed E-state index contributed by atoms with van der Waals surface area (Å²) in [5, 5.41) is 5.34. The number of amides is 1. The average molecular weight is 563 g/mol. The topological polar surface area (TPSA) is 94.0 Å². The molecule has 2 aromatic heterocycles. The van der Waals surface area contributed by atoms with E-state index >= 15 is 4.39 Å². The molecule has 2 aromatic carbocycles. The molecule has 0 saturated heterocycles. The van der Waals surface area contributed by atoms with Gasteiger partial charge in [-0.2, -0.15) is 4.98 Å². The zero-order valence-corrected chi connectivity index (χ0v) is 22.7. The van der Waals surface area contributed by atoms with Crippen LogP contribution in [-0.4, -0.2) is 30.5 Å². The van der Waals surface area contributed by atoms with Crippen LogP contribution in [0.5, 0.6) is 11.6 Å². The van der Waals surface area contributed by atoms with Crippen LogP contribution < -0.4 is 15.4 Å². The molecule has 206 valence electrons. The molecule has 0 aliphatic heterocycles. The summed E-state index contributed by atoms with van der Waals surface area (Å²) in [6.45, 7) is 2.07. The van der Waals surface area contributed by atoms with Gasteiger partial charge >= 0.3 is 0 Å². The Labute approximate surface area is 235 Å². The Morgan fingerprint density at radius 3 is 2.48 bits per heavy atom. The van der Waals surface area contributed by atoms with E-state index in [1.807, 2.05) is 0 Å². The average Bonchev–Trinajstić information content (AvgIpc) is 3.86. The van der Waals surface area contributed by atoms with Gasteiger partial charge < -0.3 is 19.9 Å². The molecule has 2 aliphatic carbocycles. The van der Waals surface area contributed by atoms with E-state index in [0.717, 1.165) is 17.9 Å². The van der Waals surface area contributed by atoms with Crippen molar-refractivity contribution in [3.63, 3.8) is 0 Å². The number of hydrogen-bond acceptors (Lipinski definition) is 6. The highest BCUT2D eigenvalue weighted by molar-refractivity contribution is 7.80. The first-order valence-electron chi connectivity index (χ1n) is 13.4. The first kappa shape index (κ1) is 26.2. The molecular weight excluding hydrogens is 534 g/mol. The number of halogens is 2. The highest BCUT2D eigenvalue weighted by atomic mass is 32.1. The van der Waals surface area contributed by atoms with Gasteiger partial charge in [0.25, 0.3) is 5.88 Å². The van der Waals surface area contributed by atoms with Crippen molar-refractivity contribution in [3.8, 4) is 11.6 Å². The predicted octanol–water partition coefficient (Wildman–Crippen LogP) is 5.88. The molecule has 40 heavy (non-hydrogen) atoms. The smallest absolute Gasteiger partial charge is 0.251 e. The summed E-state index contributed by atoms with van der Waals surface area (Å²) in [4.78, 5) is 25.9. The van der Waals surface area contributed by atoms with E-state index in [1.54, 1.807) is 6.07 Å². The third-order valence-electron chi connectivity index (χ3n) is 7.27. The number of aryl methyl sites for hydroxylation is 1. The first-order valence-corrected chi connectivity index (χ1v) is 13.8. The summed E-state index contributed by atoms with van der Waals surface area (Å²) in [5.41, 5.74) is 2.22. The minimum atomic E-state index is -0.638. The maximum atomic E-state index is 15.1. The van der Waals surface area contributed by atoms with Crippen LogP contribution in [0.2, 0.25) is 0 Å². The van der Waals surface area contributed by atoms with Gasteiger partial charge in [0.2, 0.25) is 5.91 Å². The summed E-state index contributed by atoms with van der Waals surface area (Å²) in [6, 6.07) is 10.3. The normalized spacial score (nSPS) is 14.9. The molecular formula is C29H28F2N6O2S. The number of ether oxygens (including phenoxy) is 1. The van der Waals surface area contributed by atoms with Gasteiger partial charge in [-0.1, -0.05) is 19.1 Å². The van der Waals surface area contributed by atoms with Crippen molar-refractivity contribution in [2.45, 2.75) is 51.5 Å². The Balaban J connectivity index is 1.15. The lowest BCUT2D eigenvalue weighted by Crippen LogP contribution is -2.35. The van der Waals surface area contributed by atoms with E-state index < -0.39 is 5.82 Å². The molecule has 1 amide bonds. The van der Waals surface area contributed by atoms with E-state index in [1.165, 1.54) is 68.4 Å². The number of carbonyl (C=O) groups excluding carboxylic acids is 1. The van der Waals surface area contributed by atoms with Crippen LogP contribution in [0.15, 0.2) is 48.8 Å². The molecule has 8 nitrogen and oxygen atoms in total. The molecule has 2 heterocycles.